The molecule has 0 fully saturated rings. The lowest BCUT2D eigenvalue weighted by Crippen LogP contribution is -2.41. The van der Waals surface area contributed by atoms with Gasteiger partial charge in [-0.15, -0.1) is 11.3 Å². The number of benzene rings is 1. The van der Waals surface area contributed by atoms with Crippen LogP contribution in [0.15, 0.2) is 30.3 Å². The number of nitrogens with one attached hydrogen (secondary N) is 2. The molecular formula is C19H24N2O4S. The first-order chi connectivity index (χ1) is 12.4. The summed E-state index contributed by atoms with van der Waals surface area (Å²) < 4.78 is 11.0. The van der Waals surface area contributed by atoms with Crippen LogP contribution >= 0.6 is 11.3 Å². The molecule has 2 aromatic rings. The molecule has 0 aliphatic carbocycles. The minimum atomic E-state index is -0.432. The lowest BCUT2D eigenvalue weighted by atomic mass is 10.1. The Labute approximate surface area is 157 Å². The third-order valence-electron chi connectivity index (χ3n) is 3.63. The summed E-state index contributed by atoms with van der Waals surface area (Å²) in [7, 11) is 1.52. The molecular weight excluding hydrogens is 352 g/mol. The van der Waals surface area contributed by atoms with Gasteiger partial charge in [0.1, 0.15) is 0 Å². The zero-order valence-electron chi connectivity index (χ0n) is 15.4. The van der Waals surface area contributed by atoms with Crippen LogP contribution in [-0.4, -0.2) is 25.5 Å². The molecule has 26 heavy (non-hydrogen) atoms. The fraction of sp³-hybridized carbons (Fsp3) is 0.368. The molecule has 140 valence electrons. The summed E-state index contributed by atoms with van der Waals surface area (Å²) in [5, 5.41) is 0. The van der Waals surface area contributed by atoms with Gasteiger partial charge in [0, 0.05) is 10.4 Å². The Bertz CT molecular complexity index is 771. The van der Waals surface area contributed by atoms with E-state index in [0.29, 0.717) is 34.5 Å². The monoisotopic (exact) mass is 376 g/mol. The Morgan fingerprint density at radius 1 is 1.08 bits per heavy atom. The number of thiophene rings is 1. The van der Waals surface area contributed by atoms with Crippen LogP contribution in [0.3, 0.4) is 0 Å². The molecule has 2 rings (SSSR count). The Hall–Kier alpha value is -2.54. The summed E-state index contributed by atoms with van der Waals surface area (Å²) in [5.74, 6) is 0.821. The molecule has 1 heterocycles. The van der Waals surface area contributed by atoms with Gasteiger partial charge in [-0.2, -0.15) is 0 Å². The van der Waals surface area contributed by atoms with Gasteiger partial charge in [-0.05, 0) is 49.6 Å². The highest BCUT2D eigenvalue weighted by Crippen LogP contribution is 2.28. The molecule has 0 bridgehead atoms. The molecule has 0 atom stereocenters. The van der Waals surface area contributed by atoms with Gasteiger partial charge in [0.25, 0.3) is 11.8 Å². The highest BCUT2D eigenvalue weighted by Gasteiger charge is 2.13. The van der Waals surface area contributed by atoms with Gasteiger partial charge in [0.15, 0.2) is 11.5 Å². The number of hydrogen-bond acceptors (Lipinski definition) is 5. The van der Waals surface area contributed by atoms with E-state index >= 15 is 0 Å². The Morgan fingerprint density at radius 2 is 1.81 bits per heavy atom. The number of aryl methyl sites for hydroxylation is 1. The molecule has 0 spiro atoms. The van der Waals surface area contributed by atoms with Gasteiger partial charge in [-0.3, -0.25) is 20.4 Å². The Balaban J connectivity index is 1.96. The first-order valence-electron chi connectivity index (χ1n) is 8.38. The summed E-state index contributed by atoms with van der Waals surface area (Å²) >= 11 is 1.36. The third-order valence-corrected chi connectivity index (χ3v) is 4.63. The van der Waals surface area contributed by atoms with Crippen molar-refractivity contribution in [3.63, 3.8) is 0 Å². The molecule has 2 N–H and O–H groups in total. The zero-order chi connectivity index (χ0) is 19.1. The van der Waals surface area contributed by atoms with Crippen LogP contribution in [0, 0.1) is 12.8 Å². The Kier molecular flexibility index (Phi) is 7.03. The lowest BCUT2D eigenvalue weighted by Gasteiger charge is -2.13. The van der Waals surface area contributed by atoms with Crippen LogP contribution in [0.5, 0.6) is 11.5 Å². The number of hydrogen-bond donors (Lipinski definition) is 2. The summed E-state index contributed by atoms with van der Waals surface area (Å²) in [6.07, 6.45) is 0.930. The maximum absolute atomic E-state index is 12.2. The van der Waals surface area contributed by atoms with Gasteiger partial charge in [-0.1, -0.05) is 13.8 Å². The molecule has 0 saturated heterocycles. The van der Waals surface area contributed by atoms with Crippen LogP contribution in [0.4, 0.5) is 0 Å². The fourth-order valence-electron chi connectivity index (χ4n) is 2.14. The van der Waals surface area contributed by atoms with E-state index in [0.717, 1.165) is 11.3 Å². The number of carbonyl (C=O) groups excluding carboxylic acids is 2. The van der Waals surface area contributed by atoms with Gasteiger partial charge in [0.05, 0.1) is 18.6 Å². The number of amides is 2. The second kappa shape index (κ2) is 9.24. The van der Waals surface area contributed by atoms with Crippen molar-refractivity contribution in [2.75, 3.05) is 13.7 Å². The maximum atomic E-state index is 12.2. The highest BCUT2D eigenvalue weighted by atomic mass is 32.1. The topological polar surface area (TPSA) is 76.7 Å². The van der Waals surface area contributed by atoms with Crippen molar-refractivity contribution in [2.45, 2.75) is 27.2 Å². The van der Waals surface area contributed by atoms with E-state index in [2.05, 4.69) is 24.7 Å². The van der Waals surface area contributed by atoms with Crippen LogP contribution in [0.2, 0.25) is 0 Å². The largest absolute Gasteiger partial charge is 0.493 e. The van der Waals surface area contributed by atoms with Crippen LogP contribution in [0.25, 0.3) is 0 Å². The van der Waals surface area contributed by atoms with E-state index in [1.807, 2.05) is 13.0 Å². The summed E-state index contributed by atoms with van der Waals surface area (Å²) in [6.45, 7) is 6.74. The normalized spacial score (nSPS) is 10.5. The molecule has 7 heteroatoms. The smallest absolute Gasteiger partial charge is 0.279 e. The summed E-state index contributed by atoms with van der Waals surface area (Å²) in [4.78, 5) is 25.8. The highest BCUT2D eigenvalue weighted by molar-refractivity contribution is 7.13. The van der Waals surface area contributed by atoms with Gasteiger partial charge in [0.2, 0.25) is 0 Å². The molecule has 0 aliphatic rings. The summed E-state index contributed by atoms with van der Waals surface area (Å²) in [5.41, 5.74) is 5.18. The maximum Gasteiger partial charge on any atom is 0.279 e. The molecule has 0 aliphatic heterocycles. The molecule has 1 aromatic carbocycles. The van der Waals surface area contributed by atoms with Crippen LogP contribution in [0.1, 0.15) is 45.2 Å². The van der Waals surface area contributed by atoms with Gasteiger partial charge >= 0.3 is 0 Å². The minimum absolute atomic E-state index is 0.350. The second-order valence-electron chi connectivity index (χ2n) is 6.22. The average Bonchev–Trinajstić information content (AvgIpc) is 3.05. The summed E-state index contributed by atoms with van der Waals surface area (Å²) in [6, 6.07) is 8.47. The van der Waals surface area contributed by atoms with Crippen LogP contribution < -0.4 is 20.3 Å². The molecule has 0 unspecified atom stereocenters. The van der Waals surface area contributed by atoms with E-state index in [-0.39, 0.29) is 5.91 Å². The van der Waals surface area contributed by atoms with Crippen molar-refractivity contribution in [3.05, 3.63) is 45.6 Å². The van der Waals surface area contributed by atoms with Gasteiger partial charge < -0.3 is 9.47 Å². The number of rotatable bonds is 7. The fourth-order valence-corrected chi connectivity index (χ4v) is 2.90. The van der Waals surface area contributed by atoms with E-state index in [9.17, 15) is 9.59 Å². The van der Waals surface area contributed by atoms with E-state index in [1.54, 1.807) is 24.3 Å². The predicted octanol–water partition coefficient (Wildman–Crippen LogP) is 3.56. The van der Waals surface area contributed by atoms with E-state index in [4.69, 9.17) is 9.47 Å². The van der Waals surface area contributed by atoms with Crippen molar-refractivity contribution < 1.29 is 19.1 Å². The van der Waals surface area contributed by atoms with Crippen molar-refractivity contribution in [1.29, 1.82) is 0 Å². The van der Waals surface area contributed by atoms with Crippen molar-refractivity contribution in [2.24, 2.45) is 5.92 Å². The van der Waals surface area contributed by atoms with E-state index in [1.165, 1.54) is 18.4 Å². The molecule has 0 radical (unpaired) electrons. The number of ether oxygens (including phenoxy) is 2. The van der Waals surface area contributed by atoms with Crippen molar-refractivity contribution in [1.82, 2.24) is 10.9 Å². The lowest BCUT2D eigenvalue weighted by molar-refractivity contribution is 0.0848. The van der Waals surface area contributed by atoms with Gasteiger partial charge in [-0.25, -0.2) is 0 Å². The van der Waals surface area contributed by atoms with Crippen molar-refractivity contribution in [3.8, 4) is 11.5 Å². The van der Waals surface area contributed by atoms with Crippen molar-refractivity contribution >= 4 is 23.2 Å². The molecule has 6 nitrogen and oxygen atoms in total. The number of carbonyl (C=O) groups is 2. The third kappa shape index (κ3) is 5.49. The standard InChI is InChI=1S/C19H24N2O4S/c1-12(2)9-10-25-15-7-6-14(11-16(15)24-4)18(22)20-21-19(23)17-8-5-13(3)26-17/h5-8,11-12H,9-10H2,1-4H3,(H,20,22)(H,21,23). The predicted molar refractivity (Wildman–Crippen MR) is 102 cm³/mol. The second-order valence-corrected chi connectivity index (χ2v) is 7.50. The first-order valence-corrected chi connectivity index (χ1v) is 9.20. The molecule has 1 aromatic heterocycles. The molecule has 2 amide bonds. The van der Waals surface area contributed by atoms with E-state index < -0.39 is 5.91 Å². The first kappa shape index (κ1) is 19.8. The van der Waals surface area contributed by atoms with Crippen LogP contribution in [-0.2, 0) is 0 Å². The number of hydrazine groups is 1. The zero-order valence-corrected chi connectivity index (χ0v) is 16.2. The average molecular weight is 376 g/mol. The quantitative estimate of drug-likeness (QED) is 0.725. The molecule has 0 saturated carbocycles. The number of methoxy groups -OCH3 is 1. The Morgan fingerprint density at radius 3 is 2.42 bits per heavy atom. The SMILES string of the molecule is COc1cc(C(=O)NNC(=O)c2ccc(C)s2)ccc1OCCC(C)C. The minimum Gasteiger partial charge on any atom is -0.493 e.